The predicted octanol–water partition coefficient (Wildman–Crippen LogP) is 5.38. The van der Waals surface area contributed by atoms with Crippen LogP contribution in [0, 0.1) is 0 Å². The van der Waals surface area contributed by atoms with Crippen molar-refractivity contribution in [3.8, 4) is 5.75 Å². The van der Waals surface area contributed by atoms with Crippen LogP contribution in [0.5, 0.6) is 5.75 Å². The molecule has 29 heavy (non-hydrogen) atoms. The zero-order chi connectivity index (χ0) is 20.1. The molecule has 2 N–H and O–H groups in total. The first-order valence-corrected chi connectivity index (χ1v) is 9.78. The number of nitrogens with one attached hydrogen (secondary N) is 1. The Morgan fingerprint density at radius 3 is 2.21 bits per heavy atom. The third-order valence-electron chi connectivity index (χ3n) is 5.22. The van der Waals surface area contributed by atoms with Crippen LogP contribution >= 0.6 is 0 Å². The van der Waals surface area contributed by atoms with Gasteiger partial charge < -0.3 is 10.4 Å². The smallest absolute Gasteiger partial charge is 0.221 e. The molecule has 4 aromatic carbocycles. The highest BCUT2D eigenvalue weighted by molar-refractivity contribution is 5.89. The number of benzene rings is 4. The highest BCUT2D eigenvalue weighted by Crippen LogP contribution is 2.39. The summed E-state index contributed by atoms with van der Waals surface area (Å²) in [7, 11) is 0. The van der Waals surface area contributed by atoms with Crippen molar-refractivity contribution in [1.29, 1.82) is 0 Å². The van der Waals surface area contributed by atoms with Gasteiger partial charge in [-0.1, -0.05) is 91.0 Å². The molecule has 0 saturated heterocycles. The summed E-state index contributed by atoms with van der Waals surface area (Å²) < 4.78 is 0. The second-order valence-corrected chi connectivity index (χ2v) is 7.15. The van der Waals surface area contributed by atoms with E-state index in [1.54, 1.807) is 6.07 Å². The van der Waals surface area contributed by atoms with E-state index < -0.39 is 0 Å². The average molecular weight is 381 g/mol. The number of hydrogen-bond acceptors (Lipinski definition) is 2. The van der Waals surface area contributed by atoms with Crippen LogP contribution in [-0.4, -0.2) is 11.0 Å². The third kappa shape index (κ3) is 4.30. The largest absolute Gasteiger partial charge is 0.508 e. The number of amides is 1. The third-order valence-corrected chi connectivity index (χ3v) is 5.22. The highest BCUT2D eigenvalue weighted by atomic mass is 16.3. The Morgan fingerprint density at radius 2 is 1.45 bits per heavy atom. The number of hydrogen-bond donors (Lipinski definition) is 2. The molecule has 0 aromatic heterocycles. The van der Waals surface area contributed by atoms with Gasteiger partial charge in [-0.05, 0) is 28.0 Å². The zero-order valence-electron chi connectivity index (χ0n) is 16.1. The number of aromatic hydroxyl groups is 1. The lowest BCUT2D eigenvalue weighted by atomic mass is 9.84. The summed E-state index contributed by atoms with van der Waals surface area (Å²) >= 11 is 0. The Bertz CT molecular complexity index is 1110. The van der Waals surface area contributed by atoms with Gasteiger partial charge in [0.2, 0.25) is 5.91 Å². The van der Waals surface area contributed by atoms with Crippen LogP contribution in [0.2, 0.25) is 0 Å². The second kappa shape index (κ2) is 8.61. The molecule has 0 aliphatic carbocycles. The van der Waals surface area contributed by atoms with Crippen LogP contribution in [0.1, 0.15) is 29.0 Å². The molecule has 4 rings (SSSR count). The minimum absolute atomic E-state index is 0.0463. The molecule has 1 atom stereocenters. The molecule has 0 unspecified atom stereocenters. The number of carbonyl (C=O) groups excluding carboxylic acids is 1. The summed E-state index contributed by atoms with van der Waals surface area (Å²) in [6, 6.07) is 31.4. The van der Waals surface area contributed by atoms with E-state index >= 15 is 0 Å². The monoisotopic (exact) mass is 381 g/mol. The molecule has 144 valence electrons. The van der Waals surface area contributed by atoms with Crippen molar-refractivity contribution in [2.45, 2.75) is 18.9 Å². The molecule has 3 heteroatoms. The Balaban J connectivity index is 1.67. The van der Waals surface area contributed by atoms with Gasteiger partial charge in [0.05, 0.1) is 0 Å². The summed E-state index contributed by atoms with van der Waals surface area (Å²) in [6.45, 7) is 0.489. The number of rotatable bonds is 6. The molecular formula is C26H23NO2. The molecule has 0 aliphatic rings. The van der Waals surface area contributed by atoms with E-state index in [4.69, 9.17) is 0 Å². The highest BCUT2D eigenvalue weighted by Gasteiger charge is 2.23. The van der Waals surface area contributed by atoms with Gasteiger partial charge in [0.15, 0.2) is 0 Å². The molecule has 0 aliphatic heterocycles. The van der Waals surface area contributed by atoms with Crippen molar-refractivity contribution < 1.29 is 9.90 Å². The number of phenolic OH excluding ortho intramolecular Hbond substituents is 1. The van der Waals surface area contributed by atoms with Crippen LogP contribution in [0.15, 0.2) is 97.1 Å². The number of fused-ring (bicyclic) bond motifs is 1. The lowest BCUT2D eigenvalue weighted by molar-refractivity contribution is -0.121. The maximum atomic E-state index is 12.8. The van der Waals surface area contributed by atoms with Crippen LogP contribution in [0.25, 0.3) is 10.8 Å². The quantitative estimate of drug-likeness (QED) is 0.471. The van der Waals surface area contributed by atoms with Gasteiger partial charge in [-0.2, -0.15) is 0 Å². The molecule has 0 spiro atoms. The Labute approximate surface area is 170 Å². The van der Waals surface area contributed by atoms with E-state index in [1.807, 2.05) is 91.0 Å². The van der Waals surface area contributed by atoms with E-state index in [1.165, 1.54) is 0 Å². The number of carbonyl (C=O) groups is 1. The Morgan fingerprint density at radius 1 is 0.793 bits per heavy atom. The lowest BCUT2D eigenvalue weighted by Gasteiger charge is -2.21. The molecule has 1 amide bonds. The molecule has 0 radical (unpaired) electrons. The fourth-order valence-electron chi connectivity index (χ4n) is 3.78. The van der Waals surface area contributed by atoms with Gasteiger partial charge in [-0.25, -0.2) is 0 Å². The molecule has 0 bridgehead atoms. The van der Waals surface area contributed by atoms with Crippen molar-refractivity contribution in [1.82, 2.24) is 5.32 Å². The van der Waals surface area contributed by atoms with Crippen molar-refractivity contribution in [2.24, 2.45) is 0 Å². The Kier molecular flexibility index (Phi) is 5.57. The molecule has 3 nitrogen and oxygen atoms in total. The van der Waals surface area contributed by atoms with E-state index in [0.29, 0.717) is 6.54 Å². The minimum Gasteiger partial charge on any atom is -0.508 e. The van der Waals surface area contributed by atoms with E-state index in [2.05, 4.69) is 5.32 Å². The minimum atomic E-state index is -0.238. The second-order valence-electron chi connectivity index (χ2n) is 7.15. The van der Waals surface area contributed by atoms with E-state index in [0.717, 1.165) is 27.5 Å². The topological polar surface area (TPSA) is 49.3 Å². The van der Waals surface area contributed by atoms with Crippen LogP contribution in [-0.2, 0) is 11.3 Å². The first kappa shape index (κ1) is 18.8. The van der Waals surface area contributed by atoms with Crippen LogP contribution in [0.3, 0.4) is 0 Å². The predicted molar refractivity (Wildman–Crippen MR) is 117 cm³/mol. The number of phenols is 1. The molecule has 0 saturated carbocycles. The SMILES string of the molecule is O=C(C[C@@H](c1ccccc1)c1c(O)ccc2ccccc12)NCc1ccccc1. The van der Waals surface area contributed by atoms with Crippen molar-refractivity contribution in [2.75, 3.05) is 0 Å². The average Bonchev–Trinajstić information content (AvgIpc) is 2.78. The Hall–Kier alpha value is -3.59. The first-order chi connectivity index (χ1) is 14.2. The summed E-state index contributed by atoms with van der Waals surface area (Å²) in [4.78, 5) is 12.8. The standard InChI is InChI=1S/C26H23NO2/c28-24-16-15-21-13-7-8-14-22(21)26(24)23(20-11-5-2-6-12-20)17-25(29)27-18-19-9-3-1-4-10-19/h1-16,23,28H,17-18H2,(H,27,29)/t23-/m0/s1. The van der Waals surface area contributed by atoms with Gasteiger partial charge in [0, 0.05) is 24.4 Å². The van der Waals surface area contributed by atoms with Crippen molar-refractivity contribution in [3.05, 3.63) is 114 Å². The van der Waals surface area contributed by atoms with E-state index in [-0.39, 0.29) is 24.0 Å². The summed E-state index contributed by atoms with van der Waals surface area (Å²) in [6.07, 6.45) is 0.262. The van der Waals surface area contributed by atoms with Gasteiger partial charge in [0.25, 0.3) is 0 Å². The zero-order valence-corrected chi connectivity index (χ0v) is 16.1. The summed E-state index contributed by atoms with van der Waals surface area (Å²) in [5, 5.41) is 15.8. The van der Waals surface area contributed by atoms with Crippen LogP contribution in [0.4, 0.5) is 0 Å². The van der Waals surface area contributed by atoms with Crippen molar-refractivity contribution in [3.63, 3.8) is 0 Å². The van der Waals surface area contributed by atoms with Gasteiger partial charge in [-0.15, -0.1) is 0 Å². The van der Waals surface area contributed by atoms with Gasteiger partial charge in [0.1, 0.15) is 5.75 Å². The maximum absolute atomic E-state index is 12.8. The first-order valence-electron chi connectivity index (χ1n) is 9.78. The lowest BCUT2D eigenvalue weighted by Crippen LogP contribution is -2.25. The summed E-state index contributed by atoms with van der Waals surface area (Å²) in [5.41, 5.74) is 2.86. The normalized spacial score (nSPS) is 11.9. The van der Waals surface area contributed by atoms with Crippen molar-refractivity contribution >= 4 is 16.7 Å². The summed E-state index contributed by atoms with van der Waals surface area (Å²) in [5.74, 6) is -0.0680. The molecular weight excluding hydrogens is 358 g/mol. The van der Waals surface area contributed by atoms with Gasteiger partial charge in [-0.3, -0.25) is 4.79 Å². The fraction of sp³-hybridized carbons (Fsp3) is 0.115. The maximum Gasteiger partial charge on any atom is 0.221 e. The molecule has 0 fully saturated rings. The molecule has 0 heterocycles. The van der Waals surface area contributed by atoms with Gasteiger partial charge >= 0.3 is 0 Å². The van der Waals surface area contributed by atoms with E-state index in [9.17, 15) is 9.90 Å². The van der Waals surface area contributed by atoms with Crippen LogP contribution < -0.4 is 5.32 Å². The molecule has 4 aromatic rings. The fourth-order valence-corrected chi connectivity index (χ4v) is 3.78.